The average Bonchev–Trinajstić information content (AvgIpc) is 3.45. The predicted molar refractivity (Wildman–Crippen MR) is 113 cm³/mol. The first kappa shape index (κ1) is 19.6. The lowest BCUT2D eigenvalue weighted by atomic mass is 9.68. The van der Waals surface area contributed by atoms with Crippen LogP contribution in [0.5, 0.6) is 5.75 Å². The van der Waals surface area contributed by atoms with Crippen molar-refractivity contribution in [2.24, 2.45) is 17.3 Å². The maximum atomic E-state index is 12.5. The molecule has 1 aromatic rings. The summed E-state index contributed by atoms with van der Waals surface area (Å²) in [5.74, 6) is 2.35. The molecule has 5 heteroatoms. The zero-order valence-corrected chi connectivity index (χ0v) is 17.2. The SMILES string of the molecule is CCOc1ccc(NC(=O)NCC2CN(CC3CC3)CC23CCCCC3)cc1. The van der Waals surface area contributed by atoms with E-state index in [-0.39, 0.29) is 6.03 Å². The Balaban J connectivity index is 1.30. The highest BCUT2D eigenvalue weighted by molar-refractivity contribution is 5.89. The minimum absolute atomic E-state index is 0.101. The van der Waals surface area contributed by atoms with E-state index in [9.17, 15) is 4.79 Å². The second-order valence-corrected chi connectivity index (χ2v) is 9.05. The van der Waals surface area contributed by atoms with Crippen molar-refractivity contribution in [3.63, 3.8) is 0 Å². The normalized spacial score (nSPS) is 24.2. The lowest BCUT2D eigenvalue weighted by Gasteiger charge is -2.38. The fourth-order valence-corrected chi connectivity index (χ4v) is 5.24. The van der Waals surface area contributed by atoms with Gasteiger partial charge in [-0.15, -0.1) is 0 Å². The molecule has 0 aromatic heterocycles. The van der Waals surface area contributed by atoms with E-state index in [1.807, 2.05) is 31.2 Å². The molecule has 1 saturated heterocycles. The van der Waals surface area contributed by atoms with Crippen LogP contribution in [0, 0.1) is 17.3 Å². The zero-order chi connectivity index (χ0) is 19.4. The Morgan fingerprint density at radius 3 is 2.61 bits per heavy atom. The Bertz CT molecular complexity index is 650. The van der Waals surface area contributed by atoms with Crippen molar-refractivity contribution in [3.8, 4) is 5.75 Å². The molecule has 4 rings (SSSR count). The predicted octanol–water partition coefficient (Wildman–Crippen LogP) is 4.50. The Morgan fingerprint density at radius 1 is 1.18 bits per heavy atom. The first-order chi connectivity index (χ1) is 13.7. The van der Waals surface area contributed by atoms with Gasteiger partial charge in [0.25, 0.3) is 0 Å². The molecular formula is C23H35N3O2. The topological polar surface area (TPSA) is 53.6 Å². The number of likely N-dealkylation sites (tertiary alicyclic amines) is 1. The molecule has 2 saturated carbocycles. The number of carbonyl (C=O) groups is 1. The summed E-state index contributed by atoms with van der Waals surface area (Å²) >= 11 is 0. The molecule has 28 heavy (non-hydrogen) atoms. The molecule has 154 valence electrons. The second-order valence-electron chi connectivity index (χ2n) is 9.05. The van der Waals surface area contributed by atoms with E-state index in [1.165, 1.54) is 58.0 Å². The third-order valence-electron chi connectivity index (χ3n) is 6.88. The van der Waals surface area contributed by atoms with Crippen LogP contribution in [0.4, 0.5) is 10.5 Å². The third kappa shape index (κ3) is 4.80. The van der Waals surface area contributed by atoms with Crippen LogP contribution in [0.2, 0.25) is 0 Å². The van der Waals surface area contributed by atoms with E-state index in [4.69, 9.17) is 4.74 Å². The molecule has 1 aromatic carbocycles. The number of nitrogens with zero attached hydrogens (tertiary/aromatic N) is 1. The van der Waals surface area contributed by atoms with Gasteiger partial charge in [-0.2, -0.15) is 0 Å². The number of nitrogens with one attached hydrogen (secondary N) is 2. The zero-order valence-electron chi connectivity index (χ0n) is 17.2. The minimum atomic E-state index is -0.101. The smallest absolute Gasteiger partial charge is 0.319 e. The van der Waals surface area contributed by atoms with Crippen LogP contribution in [0.25, 0.3) is 0 Å². The molecule has 2 aliphatic carbocycles. The van der Waals surface area contributed by atoms with E-state index >= 15 is 0 Å². The van der Waals surface area contributed by atoms with Crippen molar-refractivity contribution in [3.05, 3.63) is 24.3 Å². The highest BCUT2D eigenvalue weighted by Crippen LogP contribution is 2.48. The molecule has 3 fully saturated rings. The summed E-state index contributed by atoms with van der Waals surface area (Å²) in [5, 5.41) is 6.13. The summed E-state index contributed by atoms with van der Waals surface area (Å²) in [5.41, 5.74) is 1.23. The number of amides is 2. The van der Waals surface area contributed by atoms with Gasteiger partial charge in [0.15, 0.2) is 0 Å². The second kappa shape index (κ2) is 8.73. The van der Waals surface area contributed by atoms with Crippen molar-refractivity contribution in [1.82, 2.24) is 10.2 Å². The number of benzene rings is 1. The van der Waals surface area contributed by atoms with Crippen LogP contribution in [0.15, 0.2) is 24.3 Å². The van der Waals surface area contributed by atoms with Crippen molar-refractivity contribution < 1.29 is 9.53 Å². The Hall–Kier alpha value is -1.75. The molecule has 0 radical (unpaired) electrons. The highest BCUT2D eigenvalue weighted by atomic mass is 16.5. The highest BCUT2D eigenvalue weighted by Gasteiger charge is 2.47. The molecule has 1 heterocycles. The van der Waals surface area contributed by atoms with Crippen LogP contribution in [0.1, 0.15) is 51.9 Å². The summed E-state index contributed by atoms with van der Waals surface area (Å²) in [7, 11) is 0. The van der Waals surface area contributed by atoms with Crippen molar-refractivity contribution >= 4 is 11.7 Å². The van der Waals surface area contributed by atoms with Gasteiger partial charge in [0.2, 0.25) is 0 Å². The number of hydrogen-bond acceptors (Lipinski definition) is 3. The lowest BCUT2D eigenvalue weighted by Crippen LogP contribution is -2.41. The Kier molecular flexibility index (Phi) is 6.10. The Labute approximate surface area is 169 Å². The average molecular weight is 386 g/mol. The van der Waals surface area contributed by atoms with Crippen molar-refractivity contribution in [2.75, 3.05) is 38.1 Å². The summed E-state index contributed by atoms with van der Waals surface area (Å²) in [4.78, 5) is 15.1. The number of rotatable bonds is 7. The fourth-order valence-electron chi connectivity index (χ4n) is 5.24. The van der Waals surface area contributed by atoms with Crippen LogP contribution >= 0.6 is 0 Å². The van der Waals surface area contributed by atoms with Crippen LogP contribution in [-0.4, -0.2) is 43.7 Å². The molecular weight excluding hydrogens is 350 g/mol. The summed E-state index contributed by atoms with van der Waals surface area (Å²) < 4.78 is 5.45. The summed E-state index contributed by atoms with van der Waals surface area (Å²) in [6.45, 7) is 7.07. The molecule has 3 aliphatic rings. The van der Waals surface area contributed by atoms with Crippen molar-refractivity contribution in [1.29, 1.82) is 0 Å². The maximum absolute atomic E-state index is 12.5. The number of urea groups is 1. The molecule has 5 nitrogen and oxygen atoms in total. The molecule has 2 amide bonds. The van der Waals surface area contributed by atoms with Crippen LogP contribution in [0.3, 0.4) is 0 Å². The molecule has 1 unspecified atom stereocenters. The van der Waals surface area contributed by atoms with Gasteiger partial charge in [-0.25, -0.2) is 4.79 Å². The quantitative estimate of drug-likeness (QED) is 0.727. The monoisotopic (exact) mass is 385 g/mol. The number of anilines is 1. The number of hydrogen-bond donors (Lipinski definition) is 2. The number of carbonyl (C=O) groups excluding carboxylic acids is 1. The van der Waals surface area contributed by atoms with Gasteiger partial charge in [-0.05, 0) is 74.1 Å². The van der Waals surface area contributed by atoms with Gasteiger partial charge in [0.1, 0.15) is 5.75 Å². The first-order valence-corrected chi connectivity index (χ1v) is 11.2. The van der Waals surface area contributed by atoms with Gasteiger partial charge >= 0.3 is 6.03 Å². The Morgan fingerprint density at radius 2 is 1.93 bits per heavy atom. The molecule has 0 bridgehead atoms. The largest absolute Gasteiger partial charge is 0.494 e. The first-order valence-electron chi connectivity index (χ1n) is 11.2. The summed E-state index contributed by atoms with van der Waals surface area (Å²) in [6.07, 6.45) is 9.58. The fraction of sp³-hybridized carbons (Fsp3) is 0.696. The maximum Gasteiger partial charge on any atom is 0.319 e. The molecule has 1 aliphatic heterocycles. The van der Waals surface area contributed by atoms with Crippen molar-refractivity contribution in [2.45, 2.75) is 51.9 Å². The van der Waals surface area contributed by atoms with E-state index in [0.29, 0.717) is 17.9 Å². The van der Waals surface area contributed by atoms with Gasteiger partial charge in [-0.1, -0.05) is 19.3 Å². The van der Waals surface area contributed by atoms with E-state index in [1.54, 1.807) is 0 Å². The van der Waals surface area contributed by atoms with E-state index in [0.717, 1.165) is 30.4 Å². The van der Waals surface area contributed by atoms with Crippen LogP contribution < -0.4 is 15.4 Å². The minimum Gasteiger partial charge on any atom is -0.494 e. The van der Waals surface area contributed by atoms with Gasteiger partial charge < -0.3 is 20.3 Å². The molecule has 1 spiro atoms. The van der Waals surface area contributed by atoms with E-state index < -0.39 is 0 Å². The van der Waals surface area contributed by atoms with Gasteiger partial charge in [0.05, 0.1) is 6.61 Å². The third-order valence-corrected chi connectivity index (χ3v) is 6.88. The number of ether oxygens (including phenoxy) is 1. The standard InChI is InChI=1S/C23H35N3O2/c1-2-28-21-10-8-20(9-11-21)25-22(27)24-14-19-16-26(15-18-6-7-18)17-23(19)12-4-3-5-13-23/h8-11,18-19H,2-7,12-17H2,1H3,(H2,24,25,27). The molecule has 2 N–H and O–H groups in total. The molecule has 1 atom stereocenters. The lowest BCUT2D eigenvalue weighted by molar-refractivity contribution is 0.138. The van der Waals surface area contributed by atoms with Gasteiger partial charge in [0, 0.05) is 31.9 Å². The summed E-state index contributed by atoms with van der Waals surface area (Å²) in [6, 6.07) is 7.46. The van der Waals surface area contributed by atoms with E-state index in [2.05, 4.69) is 15.5 Å². The van der Waals surface area contributed by atoms with Gasteiger partial charge in [-0.3, -0.25) is 0 Å². The van der Waals surface area contributed by atoms with Crippen LogP contribution in [-0.2, 0) is 0 Å².